The van der Waals surface area contributed by atoms with Crippen LogP contribution in [0.3, 0.4) is 0 Å². The number of allylic oxidation sites excluding steroid dienone is 6. The number of primary sulfonamides is 1. The molecule has 2 aromatic heterocycles. The van der Waals surface area contributed by atoms with Crippen LogP contribution in [0.25, 0.3) is 5.57 Å². The second-order valence-electron chi connectivity index (χ2n) is 19.6. The van der Waals surface area contributed by atoms with Crippen molar-refractivity contribution in [3.05, 3.63) is 107 Å². The number of unbranched alkanes of at least 4 members (excludes halogenated alkanes) is 2. The van der Waals surface area contributed by atoms with Gasteiger partial charge in [0.05, 0.1) is 38.0 Å². The fraction of sp³-hybridized carbons (Fsp3) is 0.396. The number of nitrogens with two attached hydrogens (primary N) is 1. The highest BCUT2D eigenvalue weighted by atomic mass is 32.3. The number of benzene rings is 2. The van der Waals surface area contributed by atoms with Crippen molar-refractivity contribution in [2.45, 2.75) is 97.6 Å². The van der Waals surface area contributed by atoms with E-state index in [4.69, 9.17) is 5.14 Å². The molecule has 0 fully saturated rings. The number of aromatic nitrogens is 3. The Hall–Kier alpha value is -6.20. The Balaban J connectivity index is 1.24. The van der Waals surface area contributed by atoms with Gasteiger partial charge in [-0.15, -0.1) is 10.2 Å². The number of nitrogens with zero attached hydrogens (tertiary/aromatic N) is 5. The predicted octanol–water partition coefficient (Wildman–Crippen LogP) is 3.76. The third kappa shape index (κ3) is 16.5. The van der Waals surface area contributed by atoms with E-state index in [0.717, 1.165) is 0 Å². The Bertz CT molecular complexity index is 3780. The normalized spacial score (nSPS) is 16.0. The molecule has 32 heteroatoms. The molecule has 80 heavy (non-hydrogen) atoms. The van der Waals surface area contributed by atoms with Gasteiger partial charge in [0.25, 0.3) is 56.4 Å². The summed E-state index contributed by atoms with van der Waals surface area (Å²) in [6, 6.07) is 11.1. The van der Waals surface area contributed by atoms with E-state index < -0.39 is 89.0 Å². The molecule has 3 amide bonds. The summed E-state index contributed by atoms with van der Waals surface area (Å²) in [6.45, 7) is 7.47. The van der Waals surface area contributed by atoms with Gasteiger partial charge in [-0.2, -0.15) is 38.2 Å². The van der Waals surface area contributed by atoms with Gasteiger partial charge in [0.15, 0.2) is 5.71 Å². The molecule has 2 aliphatic heterocycles. The van der Waals surface area contributed by atoms with Crippen LogP contribution in [0.15, 0.2) is 98.9 Å². The lowest BCUT2D eigenvalue weighted by atomic mass is 9.81. The summed E-state index contributed by atoms with van der Waals surface area (Å²) >= 11 is 0.582. The monoisotopic (exact) mass is 1230 g/mol. The van der Waals surface area contributed by atoms with Crippen molar-refractivity contribution in [3.8, 4) is 0 Å². The summed E-state index contributed by atoms with van der Waals surface area (Å²) in [7, 11) is -22.1. The summed E-state index contributed by atoms with van der Waals surface area (Å²) in [5.41, 5.74) is 1.86. The van der Waals surface area contributed by atoms with Crippen LogP contribution in [0.4, 0.5) is 16.5 Å². The van der Waals surface area contributed by atoms with Gasteiger partial charge in [0.2, 0.25) is 27.0 Å². The number of amides is 3. The molecule has 0 unspecified atom stereocenters. The van der Waals surface area contributed by atoms with E-state index in [-0.39, 0.29) is 78.3 Å². The molecule has 2 aliphatic rings. The van der Waals surface area contributed by atoms with Gasteiger partial charge >= 0.3 is 0 Å². The molecule has 434 valence electrons. The highest BCUT2D eigenvalue weighted by Gasteiger charge is 2.45. The van der Waals surface area contributed by atoms with Crippen LogP contribution >= 0.6 is 11.3 Å². The summed E-state index contributed by atoms with van der Waals surface area (Å²) in [5.74, 6) is -2.49. The molecule has 0 spiro atoms. The van der Waals surface area contributed by atoms with Crippen molar-refractivity contribution in [2.75, 3.05) is 47.9 Å². The van der Waals surface area contributed by atoms with Crippen molar-refractivity contribution in [3.63, 3.8) is 0 Å². The van der Waals surface area contributed by atoms with Gasteiger partial charge in [-0.3, -0.25) is 37.6 Å². The minimum Gasteiger partial charge on any atom is -0.356 e. The first-order valence-corrected chi connectivity index (χ1v) is 32.9. The topological polar surface area (TPSA) is 410 Å². The van der Waals surface area contributed by atoms with E-state index in [2.05, 4.69) is 31.1 Å². The molecule has 0 saturated carbocycles. The first kappa shape index (κ1) is 63.0. The van der Waals surface area contributed by atoms with Gasteiger partial charge in [-0.1, -0.05) is 37.7 Å². The van der Waals surface area contributed by atoms with Gasteiger partial charge in [-0.25, -0.2) is 13.6 Å². The highest BCUT2D eigenvalue weighted by Crippen LogP contribution is 2.49. The van der Waals surface area contributed by atoms with E-state index in [1.165, 1.54) is 48.7 Å². The quantitative estimate of drug-likeness (QED) is 0.0146. The smallest absolute Gasteiger partial charge is 0.294 e. The predicted molar refractivity (Wildman–Crippen MR) is 296 cm³/mol. The number of pyridine rings is 1. The first-order chi connectivity index (χ1) is 37.1. The Kier molecular flexibility index (Phi) is 19.6. The molecule has 0 aliphatic carbocycles. The van der Waals surface area contributed by atoms with E-state index in [1.807, 2.05) is 0 Å². The van der Waals surface area contributed by atoms with Crippen LogP contribution in [-0.4, -0.2) is 141 Å². The number of sulfonamides is 1. The number of carbonyl (C=O) groups is 3. The molecule has 4 heterocycles. The van der Waals surface area contributed by atoms with Gasteiger partial charge < -0.3 is 20.9 Å². The van der Waals surface area contributed by atoms with Crippen LogP contribution in [0.2, 0.25) is 0 Å². The van der Waals surface area contributed by atoms with E-state index in [9.17, 15) is 74.7 Å². The molecule has 0 atom stereocenters. The van der Waals surface area contributed by atoms with Crippen molar-refractivity contribution in [2.24, 2.45) is 5.14 Å². The third-order valence-electron chi connectivity index (χ3n) is 13.0. The second kappa shape index (κ2) is 24.9. The van der Waals surface area contributed by atoms with Crippen LogP contribution in [-0.2, 0) is 70.9 Å². The number of fused-ring (bicyclic) bond motifs is 2. The van der Waals surface area contributed by atoms with Crippen LogP contribution in [0, 0.1) is 0 Å². The number of nitrogens with one attached hydrogen (secondary N) is 3. The van der Waals surface area contributed by atoms with Crippen LogP contribution < -0.4 is 26.0 Å². The zero-order valence-corrected chi connectivity index (χ0v) is 48.5. The largest absolute Gasteiger partial charge is 0.356 e. The highest BCUT2D eigenvalue weighted by molar-refractivity contribution is 7.91. The van der Waals surface area contributed by atoms with Crippen molar-refractivity contribution >= 4 is 107 Å². The SMILES string of the molecule is CC1(C)C(/C=C/C(=C/C=C2/N(CCCS(=O)(=O)O)c3ccc(S(=O)(=O)O)cc3C2(C)C)c2ccc(C(=O)NCCCCCC(=O)NCCC(=O)Nc3nnc(S(N)(=O)=O)s3)cn2)=[N+](CCCS(=O)(=O)O)c2ccc(S(=O)(=O)O)cc21. The number of carbonyl (C=O) groups excluding carboxylic acids is 3. The van der Waals surface area contributed by atoms with Crippen molar-refractivity contribution < 1.29 is 79.3 Å². The lowest BCUT2D eigenvalue weighted by molar-refractivity contribution is -0.437. The Morgan fingerprint density at radius 2 is 1.38 bits per heavy atom. The Morgan fingerprint density at radius 1 is 0.725 bits per heavy atom. The number of hydrogen-bond donors (Lipinski definition) is 8. The first-order valence-electron chi connectivity index (χ1n) is 24.4. The van der Waals surface area contributed by atoms with Crippen LogP contribution in [0.5, 0.6) is 0 Å². The van der Waals surface area contributed by atoms with Crippen LogP contribution in [0.1, 0.15) is 99.8 Å². The van der Waals surface area contributed by atoms with Crippen molar-refractivity contribution in [1.82, 2.24) is 25.8 Å². The molecular weight excluding hydrogens is 1170 g/mol. The van der Waals surface area contributed by atoms with E-state index in [0.29, 0.717) is 75.8 Å². The molecule has 2 aromatic carbocycles. The fourth-order valence-corrected chi connectivity index (χ4v) is 12.4. The molecule has 4 aromatic rings. The standard InChI is InChI=1S/C48H59N9O17S6/c1-47(2)35-28-33(79(69,70)71)14-17-38(35)56(24-8-26-76(61,62)63)40(47)19-12-31(13-20-41-48(3,4)36-29-34(80(72,73)74)15-18-39(36)57(41)25-9-27-77(64,65)66)37-16-11-32(30-52-37)44(60)51-22-7-5-6-10-42(58)50-23-21-43(59)53-45-54-55-46(75-45)78(49,67)68/h11-20,28-30H,5-10,21-27H2,1-4H3,(H8-,49,50,51,53,54,58,59,60,61,62,63,64,65,66,67,68,69,70,71,72,73,74)/p+1. The lowest BCUT2D eigenvalue weighted by Gasteiger charge is -2.27. The molecule has 9 N–H and O–H groups in total. The van der Waals surface area contributed by atoms with Gasteiger partial charge in [0, 0.05) is 85.2 Å². The van der Waals surface area contributed by atoms with E-state index in [1.54, 1.807) is 67.5 Å². The maximum Gasteiger partial charge on any atom is 0.294 e. The summed E-state index contributed by atoms with van der Waals surface area (Å²) < 4.78 is 159. The van der Waals surface area contributed by atoms with Gasteiger partial charge in [0.1, 0.15) is 6.54 Å². The minimum atomic E-state index is -4.65. The molecule has 6 rings (SSSR count). The summed E-state index contributed by atoms with van der Waals surface area (Å²) in [4.78, 5) is 43.5. The summed E-state index contributed by atoms with van der Waals surface area (Å²) in [6.07, 6.45) is 9.54. The molecule has 26 nitrogen and oxygen atoms in total. The Labute approximate surface area is 467 Å². The maximum atomic E-state index is 13.3. The van der Waals surface area contributed by atoms with E-state index >= 15 is 0 Å². The zero-order valence-electron chi connectivity index (χ0n) is 43.6. The summed E-state index contributed by atoms with van der Waals surface area (Å²) in [5, 5.41) is 19.7. The third-order valence-corrected chi connectivity index (χ3v) is 18.4. The average Bonchev–Trinajstić information content (AvgIpc) is 3.97. The second-order valence-corrected chi connectivity index (χ2v) is 28.3. The number of rotatable bonds is 26. The number of anilines is 2. The molecule has 0 saturated heterocycles. The lowest BCUT2D eigenvalue weighted by Crippen LogP contribution is -2.28. The molecule has 0 radical (unpaired) electrons. The van der Waals surface area contributed by atoms with Gasteiger partial charge in [-0.05, 0) is 93.3 Å². The fourth-order valence-electron chi connectivity index (χ4n) is 9.04. The molecule has 0 bridgehead atoms. The average molecular weight is 1230 g/mol. The number of hydrogen-bond acceptors (Lipinski definition) is 18. The van der Waals surface area contributed by atoms with Crippen molar-refractivity contribution in [1.29, 1.82) is 0 Å². The molecular formula is C48H60N9O17S6+. The minimum absolute atomic E-state index is 0.00563. The Morgan fingerprint density at radius 3 is 1.99 bits per heavy atom. The zero-order chi connectivity index (χ0) is 59.2. The maximum absolute atomic E-state index is 13.3.